The lowest BCUT2D eigenvalue weighted by Crippen LogP contribution is -2.27. The van der Waals surface area contributed by atoms with Gasteiger partial charge in [-0.25, -0.2) is 0 Å². The number of hydrogen-bond acceptors (Lipinski definition) is 2. The van der Waals surface area contributed by atoms with Gasteiger partial charge in [0.25, 0.3) is 0 Å². The van der Waals surface area contributed by atoms with Crippen molar-refractivity contribution < 1.29 is 0 Å². The fraction of sp³-hybridized carbons (Fsp3) is 0.727. The van der Waals surface area contributed by atoms with Crippen LogP contribution in [0.5, 0.6) is 0 Å². The van der Waals surface area contributed by atoms with Crippen molar-refractivity contribution in [2.75, 3.05) is 19.6 Å². The first-order valence-electron chi connectivity index (χ1n) is 5.52. The summed E-state index contributed by atoms with van der Waals surface area (Å²) in [6.45, 7) is 12.8. The minimum Gasteiger partial charge on any atom is -0.302 e. The quantitative estimate of drug-likeness (QED) is 0.823. The van der Waals surface area contributed by atoms with Gasteiger partial charge in [0, 0.05) is 12.2 Å². The van der Waals surface area contributed by atoms with Gasteiger partial charge >= 0.3 is 0 Å². The summed E-state index contributed by atoms with van der Waals surface area (Å²) in [6.07, 6.45) is 0. The van der Waals surface area contributed by atoms with E-state index in [4.69, 9.17) is 0 Å². The van der Waals surface area contributed by atoms with E-state index in [0.29, 0.717) is 0 Å². The SMILES string of the molecule is CCN(CC)CCn1nc(C)c(Br)c1C. The van der Waals surface area contributed by atoms with Gasteiger partial charge in [-0.05, 0) is 42.9 Å². The second-order valence-electron chi connectivity index (χ2n) is 3.73. The Labute approximate surface area is 101 Å². The Morgan fingerprint density at radius 2 is 1.87 bits per heavy atom. The molecule has 1 rings (SSSR count). The van der Waals surface area contributed by atoms with Crippen LogP contribution in [0.2, 0.25) is 0 Å². The molecule has 4 heteroatoms. The molecule has 1 heterocycles. The third-order valence-corrected chi connectivity index (χ3v) is 3.96. The summed E-state index contributed by atoms with van der Waals surface area (Å²) < 4.78 is 3.22. The van der Waals surface area contributed by atoms with E-state index >= 15 is 0 Å². The smallest absolute Gasteiger partial charge is 0.0738 e. The number of nitrogens with zero attached hydrogens (tertiary/aromatic N) is 3. The van der Waals surface area contributed by atoms with E-state index < -0.39 is 0 Å². The molecule has 0 aliphatic rings. The Morgan fingerprint density at radius 1 is 1.27 bits per heavy atom. The van der Waals surface area contributed by atoms with Gasteiger partial charge in [-0.15, -0.1) is 0 Å². The van der Waals surface area contributed by atoms with E-state index in [0.717, 1.165) is 36.3 Å². The van der Waals surface area contributed by atoms with Crippen molar-refractivity contribution in [2.24, 2.45) is 0 Å². The van der Waals surface area contributed by atoms with Crippen LogP contribution in [-0.4, -0.2) is 34.3 Å². The van der Waals surface area contributed by atoms with Gasteiger partial charge in [0.1, 0.15) is 0 Å². The monoisotopic (exact) mass is 273 g/mol. The minimum absolute atomic E-state index is 0.972. The van der Waals surface area contributed by atoms with Crippen LogP contribution in [-0.2, 0) is 6.54 Å². The highest BCUT2D eigenvalue weighted by atomic mass is 79.9. The second kappa shape index (κ2) is 5.66. The maximum atomic E-state index is 4.49. The van der Waals surface area contributed by atoms with E-state index in [9.17, 15) is 0 Å². The molecular weight excluding hydrogens is 254 g/mol. The lowest BCUT2D eigenvalue weighted by atomic mass is 10.4. The fourth-order valence-electron chi connectivity index (χ4n) is 1.67. The number of halogens is 1. The largest absolute Gasteiger partial charge is 0.302 e. The molecule has 0 aliphatic carbocycles. The van der Waals surface area contributed by atoms with Gasteiger partial charge in [-0.3, -0.25) is 4.68 Å². The molecule has 0 bridgehead atoms. The van der Waals surface area contributed by atoms with Crippen molar-refractivity contribution in [1.29, 1.82) is 0 Å². The van der Waals surface area contributed by atoms with Crippen LogP contribution in [0.25, 0.3) is 0 Å². The lowest BCUT2D eigenvalue weighted by molar-refractivity contribution is 0.284. The standard InChI is InChI=1S/C11H20BrN3/c1-5-14(6-2)7-8-15-10(4)11(12)9(3)13-15/h5-8H2,1-4H3. The fourth-order valence-corrected chi connectivity index (χ4v) is 1.95. The number of aryl methyl sites for hydroxylation is 1. The molecule has 0 aliphatic heterocycles. The highest BCUT2D eigenvalue weighted by Gasteiger charge is 2.08. The Kier molecular flexibility index (Phi) is 4.80. The Morgan fingerprint density at radius 3 is 2.27 bits per heavy atom. The molecule has 0 spiro atoms. The zero-order valence-electron chi connectivity index (χ0n) is 10.0. The number of rotatable bonds is 5. The molecule has 0 N–H and O–H groups in total. The topological polar surface area (TPSA) is 21.1 Å². The average molecular weight is 274 g/mol. The van der Waals surface area contributed by atoms with Gasteiger partial charge in [0.05, 0.1) is 16.7 Å². The molecule has 15 heavy (non-hydrogen) atoms. The van der Waals surface area contributed by atoms with Crippen molar-refractivity contribution in [3.8, 4) is 0 Å². The first-order chi connectivity index (χ1) is 7.10. The summed E-state index contributed by atoms with van der Waals surface area (Å²) in [5.74, 6) is 0. The lowest BCUT2D eigenvalue weighted by Gasteiger charge is -2.18. The van der Waals surface area contributed by atoms with Crippen LogP contribution >= 0.6 is 15.9 Å². The summed E-state index contributed by atoms with van der Waals surface area (Å²) in [5.41, 5.74) is 2.30. The van der Waals surface area contributed by atoms with Gasteiger partial charge in [0.2, 0.25) is 0 Å². The summed E-state index contributed by atoms with van der Waals surface area (Å²) in [5, 5.41) is 4.49. The van der Waals surface area contributed by atoms with Crippen LogP contribution in [0.15, 0.2) is 4.47 Å². The molecule has 0 radical (unpaired) electrons. The van der Waals surface area contributed by atoms with Crippen molar-refractivity contribution >= 4 is 15.9 Å². The molecule has 0 unspecified atom stereocenters. The summed E-state index contributed by atoms with van der Waals surface area (Å²) in [6, 6.07) is 0. The van der Waals surface area contributed by atoms with E-state index in [1.807, 2.05) is 6.92 Å². The average Bonchev–Trinajstić information content (AvgIpc) is 2.48. The van der Waals surface area contributed by atoms with Crippen molar-refractivity contribution in [2.45, 2.75) is 34.2 Å². The number of aromatic nitrogens is 2. The first-order valence-corrected chi connectivity index (χ1v) is 6.31. The van der Waals surface area contributed by atoms with Crippen molar-refractivity contribution in [1.82, 2.24) is 14.7 Å². The van der Waals surface area contributed by atoms with Crippen LogP contribution in [0.1, 0.15) is 25.2 Å². The Balaban J connectivity index is 2.61. The third-order valence-electron chi connectivity index (χ3n) is 2.82. The molecule has 0 fully saturated rings. The Hall–Kier alpha value is -0.350. The zero-order chi connectivity index (χ0) is 11.4. The molecular formula is C11H20BrN3. The maximum Gasteiger partial charge on any atom is 0.0738 e. The third kappa shape index (κ3) is 3.05. The summed E-state index contributed by atoms with van der Waals surface area (Å²) >= 11 is 3.54. The predicted octanol–water partition coefficient (Wildman–Crippen LogP) is 2.60. The van der Waals surface area contributed by atoms with E-state index in [1.54, 1.807) is 0 Å². The molecule has 0 aromatic carbocycles. The van der Waals surface area contributed by atoms with Crippen LogP contribution in [0.3, 0.4) is 0 Å². The van der Waals surface area contributed by atoms with Gasteiger partial charge in [-0.2, -0.15) is 5.10 Å². The molecule has 0 saturated heterocycles. The summed E-state index contributed by atoms with van der Waals surface area (Å²) in [4.78, 5) is 2.41. The highest BCUT2D eigenvalue weighted by Crippen LogP contribution is 2.19. The zero-order valence-corrected chi connectivity index (χ0v) is 11.6. The van der Waals surface area contributed by atoms with Crippen LogP contribution < -0.4 is 0 Å². The molecule has 1 aromatic heterocycles. The predicted molar refractivity (Wildman–Crippen MR) is 67.2 cm³/mol. The van der Waals surface area contributed by atoms with Crippen molar-refractivity contribution in [3.63, 3.8) is 0 Å². The minimum atomic E-state index is 0.972. The summed E-state index contributed by atoms with van der Waals surface area (Å²) in [7, 11) is 0. The van der Waals surface area contributed by atoms with Gasteiger partial charge < -0.3 is 4.90 Å². The molecule has 1 aromatic rings. The maximum absolute atomic E-state index is 4.49. The van der Waals surface area contributed by atoms with Crippen LogP contribution in [0.4, 0.5) is 0 Å². The van der Waals surface area contributed by atoms with E-state index in [1.165, 1.54) is 5.69 Å². The second-order valence-corrected chi connectivity index (χ2v) is 4.53. The first kappa shape index (κ1) is 12.7. The highest BCUT2D eigenvalue weighted by molar-refractivity contribution is 9.10. The van der Waals surface area contributed by atoms with E-state index in [2.05, 4.69) is 51.4 Å². The van der Waals surface area contributed by atoms with E-state index in [-0.39, 0.29) is 0 Å². The Bertz CT molecular complexity index is 316. The molecule has 86 valence electrons. The molecule has 0 amide bonds. The molecule has 0 atom stereocenters. The normalized spacial score (nSPS) is 11.3. The molecule has 0 saturated carbocycles. The molecule has 3 nitrogen and oxygen atoms in total. The van der Waals surface area contributed by atoms with Crippen LogP contribution in [0, 0.1) is 13.8 Å². The van der Waals surface area contributed by atoms with Crippen molar-refractivity contribution in [3.05, 3.63) is 15.9 Å². The van der Waals surface area contributed by atoms with Gasteiger partial charge in [-0.1, -0.05) is 13.8 Å². The number of likely N-dealkylation sites (N-methyl/N-ethyl adjacent to an activating group) is 1. The number of hydrogen-bond donors (Lipinski definition) is 0. The van der Waals surface area contributed by atoms with Gasteiger partial charge in [0.15, 0.2) is 0 Å².